The van der Waals surface area contributed by atoms with Crippen molar-refractivity contribution in [3.8, 4) is 0 Å². The summed E-state index contributed by atoms with van der Waals surface area (Å²) in [6.45, 7) is 6.83. The molecule has 158 valence electrons. The SMILES string of the molecule is CC(C)[C@@H]1CC[C@@H](C)C[C@H]1C(=O)CC[C@@H](NC(=O)CN)C1CCCCC1.Cl. The van der Waals surface area contributed by atoms with Crippen LogP contribution in [-0.4, -0.2) is 24.3 Å². The molecule has 4 atom stereocenters. The average Bonchev–Trinajstić information content (AvgIpc) is 2.64. The van der Waals surface area contributed by atoms with Gasteiger partial charge in [0.15, 0.2) is 0 Å². The van der Waals surface area contributed by atoms with Crippen molar-refractivity contribution in [3.63, 3.8) is 0 Å². The molecule has 3 N–H and O–H groups in total. The first-order chi connectivity index (χ1) is 12.4. The predicted octanol–water partition coefficient (Wildman–Crippen LogP) is 4.49. The Balaban J connectivity index is 0.00000364. The van der Waals surface area contributed by atoms with Crippen molar-refractivity contribution in [1.82, 2.24) is 5.32 Å². The Hall–Kier alpha value is -0.610. The van der Waals surface area contributed by atoms with Crippen LogP contribution in [0.3, 0.4) is 0 Å². The summed E-state index contributed by atoms with van der Waals surface area (Å²) in [4.78, 5) is 24.9. The zero-order valence-electron chi connectivity index (χ0n) is 17.5. The number of rotatable bonds is 8. The van der Waals surface area contributed by atoms with Crippen molar-refractivity contribution >= 4 is 24.1 Å². The molecule has 2 fully saturated rings. The molecular formula is C22H41ClN2O2. The van der Waals surface area contributed by atoms with E-state index in [4.69, 9.17) is 5.73 Å². The van der Waals surface area contributed by atoms with E-state index in [1.807, 2.05) is 0 Å². The second kappa shape index (κ2) is 12.1. The molecule has 0 aromatic rings. The summed E-state index contributed by atoms with van der Waals surface area (Å²) in [5.74, 6) is 2.84. The van der Waals surface area contributed by atoms with Gasteiger partial charge in [0.1, 0.15) is 5.78 Å². The normalized spacial score (nSPS) is 27.7. The number of halogens is 1. The molecule has 0 bridgehead atoms. The summed E-state index contributed by atoms with van der Waals surface area (Å²) in [7, 11) is 0. The van der Waals surface area contributed by atoms with Crippen molar-refractivity contribution in [2.75, 3.05) is 6.54 Å². The van der Waals surface area contributed by atoms with E-state index in [9.17, 15) is 9.59 Å². The fourth-order valence-electron chi connectivity index (χ4n) is 5.28. The van der Waals surface area contributed by atoms with Crippen LogP contribution in [0.15, 0.2) is 0 Å². The maximum Gasteiger partial charge on any atom is 0.233 e. The third kappa shape index (κ3) is 7.38. The molecule has 0 unspecified atom stereocenters. The molecule has 0 saturated heterocycles. The lowest BCUT2D eigenvalue weighted by Crippen LogP contribution is -2.44. The molecule has 27 heavy (non-hydrogen) atoms. The minimum atomic E-state index is -0.0839. The van der Waals surface area contributed by atoms with E-state index in [1.54, 1.807) is 0 Å². The Morgan fingerprint density at radius 1 is 1.07 bits per heavy atom. The van der Waals surface area contributed by atoms with Crippen LogP contribution >= 0.6 is 12.4 Å². The van der Waals surface area contributed by atoms with Crippen molar-refractivity contribution in [3.05, 3.63) is 0 Å². The molecule has 0 aromatic carbocycles. The van der Waals surface area contributed by atoms with Crippen LogP contribution in [-0.2, 0) is 9.59 Å². The summed E-state index contributed by atoms with van der Waals surface area (Å²) < 4.78 is 0. The van der Waals surface area contributed by atoms with E-state index < -0.39 is 0 Å². The number of carbonyl (C=O) groups is 2. The first kappa shape index (κ1) is 24.4. The van der Waals surface area contributed by atoms with E-state index in [1.165, 1.54) is 44.9 Å². The molecule has 0 aliphatic heterocycles. The molecule has 5 heteroatoms. The smallest absolute Gasteiger partial charge is 0.233 e. The molecule has 2 saturated carbocycles. The number of nitrogens with two attached hydrogens (primary N) is 1. The highest BCUT2D eigenvalue weighted by atomic mass is 35.5. The van der Waals surface area contributed by atoms with Crippen LogP contribution < -0.4 is 11.1 Å². The van der Waals surface area contributed by atoms with Gasteiger partial charge in [0.2, 0.25) is 5.91 Å². The maximum atomic E-state index is 13.1. The first-order valence-electron chi connectivity index (χ1n) is 10.9. The minimum absolute atomic E-state index is 0. The number of hydrogen-bond donors (Lipinski definition) is 2. The van der Waals surface area contributed by atoms with Gasteiger partial charge in [0, 0.05) is 18.4 Å². The summed E-state index contributed by atoms with van der Waals surface area (Å²) in [5, 5.41) is 3.12. The van der Waals surface area contributed by atoms with Gasteiger partial charge >= 0.3 is 0 Å². The molecule has 1 amide bonds. The van der Waals surface area contributed by atoms with Gasteiger partial charge in [0.05, 0.1) is 6.54 Å². The first-order valence-corrected chi connectivity index (χ1v) is 10.9. The van der Waals surface area contributed by atoms with Crippen LogP contribution in [0.1, 0.15) is 85.0 Å². The predicted molar refractivity (Wildman–Crippen MR) is 114 cm³/mol. The van der Waals surface area contributed by atoms with Crippen LogP contribution in [0, 0.1) is 29.6 Å². The molecule has 4 nitrogen and oxygen atoms in total. The van der Waals surface area contributed by atoms with Gasteiger partial charge in [-0.25, -0.2) is 0 Å². The summed E-state index contributed by atoms with van der Waals surface area (Å²) in [6.07, 6.45) is 11.0. The Morgan fingerprint density at radius 2 is 1.74 bits per heavy atom. The van der Waals surface area contributed by atoms with E-state index in [2.05, 4.69) is 26.1 Å². The molecule has 0 radical (unpaired) electrons. The van der Waals surface area contributed by atoms with Gasteiger partial charge in [-0.1, -0.05) is 46.5 Å². The van der Waals surface area contributed by atoms with E-state index >= 15 is 0 Å². The number of amides is 1. The number of hydrogen-bond acceptors (Lipinski definition) is 3. The van der Waals surface area contributed by atoms with E-state index in [0.717, 1.165) is 12.8 Å². The fraction of sp³-hybridized carbons (Fsp3) is 0.909. The van der Waals surface area contributed by atoms with Gasteiger partial charge in [-0.15, -0.1) is 12.4 Å². The molecule has 0 aromatic heterocycles. The van der Waals surface area contributed by atoms with Gasteiger partial charge in [-0.2, -0.15) is 0 Å². The average molecular weight is 401 g/mol. The van der Waals surface area contributed by atoms with E-state index in [0.29, 0.717) is 35.9 Å². The lowest BCUT2D eigenvalue weighted by atomic mass is 9.68. The van der Waals surface area contributed by atoms with Crippen molar-refractivity contribution < 1.29 is 9.59 Å². The molecule has 0 spiro atoms. The van der Waals surface area contributed by atoms with Crippen LogP contribution in [0.25, 0.3) is 0 Å². The largest absolute Gasteiger partial charge is 0.352 e. The standard InChI is InChI=1S/C22H40N2O2.ClH/c1-15(2)18-10-9-16(3)13-19(18)21(25)12-11-20(24-22(26)14-23)17-7-5-4-6-8-17;/h15-20H,4-14,23H2,1-3H3,(H,24,26);1H/t16-,18+,19-,20-;/m1./s1. The second-order valence-corrected chi connectivity index (χ2v) is 9.21. The summed E-state index contributed by atoms with van der Waals surface area (Å²) in [5.41, 5.74) is 5.51. The van der Waals surface area contributed by atoms with Crippen molar-refractivity contribution in [2.24, 2.45) is 35.3 Å². The minimum Gasteiger partial charge on any atom is -0.352 e. The Labute approximate surface area is 172 Å². The Bertz CT molecular complexity index is 463. The van der Waals surface area contributed by atoms with Gasteiger partial charge in [-0.3, -0.25) is 9.59 Å². The lowest BCUT2D eigenvalue weighted by molar-refractivity contribution is -0.128. The fourth-order valence-corrected chi connectivity index (χ4v) is 5.28. The lowest BCUT2D eigenvalue weighted by Gasteiger charge is -2.37. The summed E-state index contributed by atoms with van der Waals surface area (Å²) >= 11 is 0. The van der Waals surface area contributed by atoms with E-state index in [-0.39, 0.29) is 36.8 Å². The maximum absolute atomic E-state index is 13.1. The van der Waals surface area contributed by atoms with Crippen molar-refractivity contribution in [2.45, 2.75) is 91.0 Å². The summed E-state index contributed by atoms with van der Waals surface area (Å²) in [6, 6.07) is 0.119. The molecule has 2 aliphatic carbocycles. The van der Waals surface area contributed by atoms with Gasteiger partial charge in [0.25, 0.3) is 0 Å². The quantitative estimate of drug-likeness (QED) is 0.630. The number of nitrogens with one attached hydrogen (secondary N) is 1. The van der Waals surface area contributed by atoms with Gasteiger partial charge < -0.3 is 11.1 Å². The van der Waals surface area contributed by atoms with Crippen molar-refractivity contribution in [1.29, 1.82) is 0 Å². The number of carbonyl (C=O) groups excluding carboxylic acids is 2. The highest BCUT2D eigenvalue weighted by molar-refractivity contribution is 5.85. The Kier molecular flexibility index (Phi) is 10.9. The highest BCUT2D eigenvalue weighted by Crippen LogP contribution is 2.39. The molecule has 2 aliphatic rings. The van der Waals surface area contributed by atoms with Gasteiger partial charge in [-0.05, 0) is 55.8 Å². The third-order valence-electron chi connectivity index (χ3n) is 6.89. The number of ketones is 1. The number of Topliss-reactive ketones (excluding diaryl/α,β-unsaturated/α-hetero) is 1. The Morgan fingerprint density at radius 3 is 2.33 bits per heavy atom. The monoisotopic (exact) mass is 400 g/mol. The van der Waals surface area contributed by atoms with Crippen LogP contribution in [0.5, 0.6) is 0 Å². The van der Waals surface area contributed by atoms with Crippen LogP contribution in [0.4, 0.5) is 0 Å². The third-order valence-corrected chi connectivity index (χ3v) is 6.89. The zero-order chi connectivity index (χ0) is 19.1. The van der Waals surface area contributed by atoms with Crippen LogP contribution in [0.2, 0.25) is 0 Å². The molecular weight excluding hydrogens is 360 g/mol. The second-order valence-electron chi connectivity index (χ2n) is 9.21. The zero-order valence-corrected chi connectivity index (χ0v) is 18.4. The highest BCUT2D eigenvalue weighted by Gasteiger charge is 2.35. The topological polar surface area (TPSA) is 72.2 Å². The molecule has 2 rings (SSSR count). The molecule has 0 heterocycles.